The Bertz CT molecular complexity index is 985. The normalized spacial score (nSPS) is 10.4. The summed E-state index contributed by atoms with van der Waals surface area (Å²) >= 11 is 1.45. The molecule has 0 radical (unpaired) electrons. The maximum absolute atomic E-state index is 12.3. The van der Waals surface area contributed by atoms with Crippen LogP contribution in [-0.2, 0) is 11.3 Å². The number of hydrogen-bond acceptors (Lipinski definition) is 7. The van der Waals surface area contributed by atoms with Crippen LogP contribution in [0.2, 0.25) is 0 Å². The monoisotopic (exact) mass is 384 g/mol. The van der Waals surface area contributed by atoms with Gasteiger partial charge in [-0.1, -0.05) is 30.3 Å². The van der Waals surface area contributed by atoms with Crippen LogP contribution in [0, 0.1) is 17.0 Å². The topological polar surface area (TPSA) is 91.6 Å². The molecule has 0 aliphatic carbocycles. The van der Waals surface area contributed by atoms with E-state index in [1.165, 1.54) is 30.6 Å². The number of esters is 1. The average Bonchev–Trinajstić information content (AvgIpc) is 3.06. The van der Waals surface area contributed by atoms with Crippen molar-refractivity contribution in [3.63, 3.8) is 0 Å². The highest BCUT2D eigenvalue weighted by Crippen LogP contribution is 2.30. The van der Waals surface area contributed by atoms with E-state index in [1.807, 2.05) is 37.3 Å². The minimum atomic E-state index is -0.644. The third kappa shape index (κ3) is 4.12. The summed E-state index contributed by atoms with van der Waals surface area (Å²) in [4.78, 5) is 28.1. The molecule has 138 valence electrons. The van der Waals surface area contributed by atoms with Gasteiger partial charge in [0.05, 0.1) is 28.2 Å². The minimum absolute atomic E-state index is 0.0506. The Kier molecular flexibility index (Phi) is 5.46. The van der Waals surface area contributed by atoms with Gasteiger partial charge in [0.25, 0.3) is 0 Å². The smallest absolute Gasteiger partial charge is 0.338 e. The van der Waals surface area contributed by atoms with Gasteiger partial charge in [-0.15, -0.1) is 11.3 Å². The Morgan fingerprint density at radius 1 is 1.22 bits per heavy atom. The lowest BCUT2D eigenvalue weighted by Gasteiger charge is -2.06. The van der Waals surface area contributed by atoms with Crippen molar-refractivity contribution < 1.29 is 19.2 Å². The lowest BCUT2D eigenvalue weighted by Crippen LogP contribution is -2.06. The summed E-state index contributed by atoms with van der Waals surface area (Å²) in [6.07, 6.45) is 0. The molecule has 7 nitrogen and oxygen atoms in total. The van der Waals surface area contributed by atoms with Gasteiger partial charge in [0.15, 0.2) is 5.75 Å². The molecule has 2 aromatic carbocycles. The second kappa shape index (κ2) is 7.96. The van der Waals surface area contributed by atoms with Crippen molar-refractivity contribution in [3.8, 4) is 16.3 Å². The Labute approximate surface area is 159 Å². The van der Waals surface area contributed by atoms with E-state index in [0.29, 0.717) is 0 Å². The Morgan fingerprint density at radius 3 is 2.63 bits per heavy atom. The number of methoxy groups -OCH3 is 1. The van der Waals surface area contributed by atoms with Gasteiger partial charge >= 0.3 is 11.7 Å². The van der Waals surface area contributed by atoms with Gasteiger partial charge in [-0.05, 0) is 19.1 Å². The first kappa shape index (κ1) is 18.5. The van der Waals surface area contributed by atoms with E-state index >= 15 is 0 Å². The maximum atomic E-state index is 12.3. The summed E-state index contributed by atoms with van der Waals surface area (Å²) in [5.41, 5.74) is 1.58. The summed E-state index contributed by atoms with van der Waals surface area (Å²) in [6, 6.07) is 13.7. The fourth-order valence-electron chi connectivity index (χ4n) is 2.44. The van der Waals surface area contributed by atoms with E-state index in [2.05, 4.69) is 4.98 Å². The van der Waals surface area contributed by atoms with Crippen molar-refractivity contribution in [2.24, 2.45) is 0 Å². The number of nitro groups is 1. The first-order valence-corrected chi connectivity index (χ1v) is 8.82. The zero-order valence-corrected chi connectivity index (χ0v) is 15.5. The number of benzene rings is 2. The Hall–Kier alpha value is -3.26. The van der Waals surface area contributed by atoms with Gasteiger partial charge in [-0.3, -0.25) is 10.1 Å². The molecule has 1 heterocycles. The van der Waals surface area contributed by atoms with E-state index in [4.69, 9.17) is 9.47 Å². The highest BCUT2D eigenvalue weighted by molar-refractivity contribution is 7.15. The number of thiazole rings is 1. The number of hydrogen-bond donors (Lipinski definition) is 0. The van der Waals surface area contributed by atoms with Crippen molar-refractivity contribution in [2.45, 2.75) is 13.5 Å². The molecule has 0 spiro atoms. The van der Waals surface area contributed by atoms with Crippen LogP contribution in [-0.4, -0.2) is 23.0 Å². The number of carbonyl (C=O) groups excluding carboxylic acids is 1. The van der Waals surface area contributed by atoms with Crippen LogP contribution in [0.5, 0.6) is 5.75 Å². The molecule has 0 bridgehead atoms. The molecule has 0 saturated carbocycles. The predicted molar refractivity (Wildman–Crippen MR) is 101 cm³/mol. The zero-order valence-electron chi connectivity index (χ0n) is 14.7. The molecule has 8 heteroatoms. The Balaban J connectivity index is 1.74. The van der Waals surface area contributed by atoms with Crippen LogP contribution in [0.3, 0.4) is 0 Å². The van der Waals surface area contributed by atoms with Gasteiger partial charge in [0, 0.05) is 11.6 Å². The van der Waals surface area contributed by atoms with Gasteiger partial charge < -0.3 is 9.47 Å². The molecule has 0 atom stereocenters. The summed E-state index contributed by atoms with van der Waals surface area (Å²) < 4.78 is 10.3. The number of ether oxygens (including phenoxy) is 2. The largest absolute Gasteiger partial charge is 0.490 e. The molecular weight excluding hydrogens is 368 g/mol. The molecule has 0 fully saturated rings. The zero-order chi connectivity index (χ0) is 19.4. The summed E-state index contributed by atoms with van der Waals surface area (Å²) in [7, 11) is 1.33. The number of aromatic nitrogens is 1. The maximum Gasteiger partial charge on any atom is 0.338 e. The summed E-state index contributed by atoms with van der Waals surface area (Å²) in [6.45, 7) is 1.90. The van der Waals surface area contributed by atoms with Crippen molar-refractivity contribution in [3.05, 3.63) is 74.8 Å². The predicted octanol–water partition coefficient (Wildman–Crippen LogP) is 4.39. The van der Waals surface area contributed by atoms with Crippen molar-refractivity contribution >= 4 is 23.0 Å². The molecule has 0 aliphatic rings. The molecule has 0 aliphatic heterocycles. The molecule has 0 unspecified atom stereocenters. The highest BCUT2D eigenvalue weighted by atomic mass is 32.1. The van der Waals surface area contributed by atoms with Crippen LogP contribution < -0.4 is 4.74 Å². The average molecular weight is 384 g/mol. The standard InChI is InChI=1S/C19H16N2O5S/c1-12-17(27-18(20-12)13-6-4-3-5-7-13)11-26-19(22)14-8-9-16(25-2)15(10-14)21(23)24/h3-10H,11H2,1-2H3. The fraction of sp³-hybridized carbons (Fsp3) is 0.158. The lowest BCUT2D eigenvalue weighted by atomic mass is 10.2. The summed E-state index contributed by atoms with van der Waals surface area (Å²) in [5, 5.41) is 11.9. The molecule has 0 N–H and O–H groups in total. The van der Waals surface area contributed by atoms with Crippen LogP contribution >= 0.6 is 11.3 Å². The number of aryl methyl sites for hydroxylation is 1. The Morgan fingerprint density at radius 2 is 1.96 bits per heavy atom. The number of nitrogens with zero attached hydrogens (tertiary/aromatic N) is 2. The van der Waals surface area contributed by atoms with Gasteiger partial charge in [-0.2, -0.15) is 0 Å². The third-order valence-corrected chi connectivity index (χ3v) is 5.04. The van der Waals surface area contributed by atoms with Crippen LogP contribution in [0.1, 0.15) is 20.9 Å². The van der Waals surface area contributed by atoms with E-state index in [0.717, 1.165) is 27.2 Å². The molecule has 0 saturated heterocycles. The number of carbonyl (C=O) groups is 1. The van der Waals surface area contributed by atoms with Crippen molar-refractivity contribution in [2.75, 3.05) is 7.11 Å². The fourth-order valence-corrected chi connectivity index (χ4v) is 3.42. The SMILES string of the molecule is COc1ccc(C(=O)OCc2sc(-c3ccccc3)nc2C)cc1[N+](=O)[O-]. The molecule has 3 aromatic rings. The minimum Gasteiger partial charge on any atom is -0.490 e. The van der Waals surface area contributed by atoms with E-state index < -0.39 is 10.9 Å². The van der Waals surface area contributed by atoms with Crippen molar-refractivity contribution in [1.29, 1.82) is 0 Å². The lowest BCUT2D eigenvalue weighted by molar-refractivity contribution is -0.385. The number of nitro benzene ring substituents is 1. The van der Waals surface area contributed by atoms with Crippen LogP contribution in [0.4, 0.5) is 5.69 Å². The van der Waals surface area contributed by atoms with Gasteiger partial charge in [-0.25, -0.2) is 9.78 Å². The molecular formula is C19H16N2O5S. The van der Waals surface area contributed by atoms with Crippen molar-refractivity contribution in [1.82, 2.24) is 4.98 Å². The molecule has 1 aromatic heterocycles. The molecule has 27 heavy (non-hydrogen) atoms. The van der Waals surface area contributed by atoms with Gasteiger partial charge in [0.1, 0.15) is 11.6 Å². The third-order valence-electron chi connectivity index (χ3n) is 3.86. The second-order valence-electron chi connectivity index (χ2n) is 5.61. The first-order chi connectivity index (χ1) is 13.0. The van der Waals surface area contributed by atoms with E-state index in [-0.39, 0.29) is 23.6 Å². The first-order valence-electron chi connectivity index (χ1n) is 8.01. The highest BCUT2D eigenvalue weighted by Gasteiger charge is 2.19. The van der Waals surface area contributed by atoms with E-state index in [1.54, 1.807) is 0 Å². The van der Waals surface area contributed by atoms with E-state index in [9.17, 15) is 14.9 Å². The van der Waals surface area contributed by atoms with Crippen LogP contribution in [0.25, 0.3) is 10.6 Å². The quantitative estimate of drug-likeness (QED) is 0.355. The molecule has 0 amide bonds. The number of rotatable bonds is 6. The molecule has 3 rings (SSSR count). The second-order valence-corrected chi connectivity index (χ2v) is 6.70. The van der Waals surface area contributed by atoms with Gasteiger partial charge in [0.2, 0.25) is 0 Å². The van der Waals surface area contributed by atoms with Crippen LogP contribution in [0.15, 0.2) is 48.5 Å². The summed E-state index contributed by atoms with van der Waals surface area (Å²) in [5.74, 6) is -0.558.